The van der Waals surface area contributed by atoms with Gasteiger partial charge in [-0.2, -0.15) is 0 Å². The Balaban J connectivity index is 1.88. The van der Waals surface area contributed by atoms with Crippen molar-refractivity contribution in [2.45, 2.75) is 33.9 Å². The zero-order valence-corrected chi connectivity index (χ0v) is 16.8. The number of carbonyl (C=O) groups is 1. The Morgan fingerprint density at radius 2 is 1.73 bits per heavy atom. The van der Waals surface area contributed by atoms with Crippen molar-refractivity contribution in [3.63, 3.8) is 0 Å². The molecule has 0 unspecified atom stereocenters. The van der Waals surface area contributed by atoms with Crippen molar-refractivity contribution < 1.29 is 4.79 Å². The van der Waals surface area contributed by atoms with Crippen molar-refractivity contribution in [3.05, 3.63) is 57.3 Å². The van der Waals surface area contributed by atoms with Crippen LogP contribution in [0.25, 0.3) is 0 Å². The topological polar surface area (TPSA) is 56.7 Å². The minimum absolute atomic E-state index is 0.0818. The molecule has 0 radical (unpaired) electrons. The largest absolute Gasteiger partial charge is 0.352 e. The molecule has 1 amide bonds. The first-order chi connectivity index (χ1) is 12.6. The van der Waals surface area contributed by atoms with Crippen molar-refractivity contribution in [1.82, 2.24) is 15.5 Å². The minimum Gasteiger partial charge on any atom is -0.352 e. The number of aryl methyl sites for hydroxylation is 1. The van der Waals surface area contributed by atoms with Crippen LogP contribution < -0.4 is 10.6 Å². The number of aliphatic imine (C=N–C) groups is 1. The van der Waals surface area contributed by atoms with Crippen LogP contribution in [0.2, 0.25) is 0 Å². The highest BCUT2D eigenvalue weighted by Crippen LogP contribution is 2.14. The lowest BCUT2D eigenvalue weighted by atomic mass is 10.1. The van der Waals surface area contributed by atoms with E-state index in [4.69, 9.17) is 0 Å². The summed E-state index contributed by atoms with van der Waals surface area (Å²) in [6.45, 7) is 8.98. The molecule has 0 saturated carbocycles. The van der Waals surface area contributed by atoms with E-state index in [2.05, 4.69) is 34.0 Å². The second-order valence-electron chi connectivity index (χ2n) is 5.98. The number of carbonyl (C=O) groups excluding carboxylic acids is 1. The van der Waals surface area contributed by atoms with Gasteiger partial charge in [-0.15, -0.1) is 11.3 Å². The van der Waals surface area contributed by atoms with Gasteiger partial charge in [0.15, 0.2) is 5.96 Å². The van der Waals surface area contributed by atoms with E-state index in [0.717, 1.165) is 36.7 Å². The maximum atomic E-state index is 12.3. The Hall–Kier alpha value is -2.34. The third-order valence-corrected chi connectivity index (χ3v) is 5.34. The summed E-state index contributed by atoms with van der Waals surface area (Å²) in [5.74, 6) is 0.847. The molecular weight excluding hydrogens is 344 g/mol. The van der Waals surface area contributed by atoms with Gasteiger partial charge in [-0.05, 0) is 55.5 Å². The molecule has 0 saturated heterocycles. The van der Waals surface area contributed by atoms with E-state index in [0.29, 0.717) is 6.54 Å². The number of thiophene rings is 1. The van der Waals surface area contributed by atoms with Crippen LogP contribution in [-0.2, 0) is 13.1 Å². The maximum absolute atomic E-state index is 12.3. The predicted octanol–water partition coefficient (Wildman–Crippen LogP) is 3.40. The fourth-order valence-corrected chi connectivity index (χ4v) is 3.46. The third-order valence-electron chi connectivity index (χ3n) is 4.32. The summed E-state index contributed by atoms with van der Waals surface area (Å²) >= 11 is 1.75. The van der Waals surface area contributed by atoms with Gasteiger partial charge in [0.1, 0.15) is 0 Å². The molecule has 2 aromatic rings. The lowest BCUT2D eigenvalue weighted by Crippen LogP contribution is -2.36. The van der Waals surface area contributed by atoms with Gasteiger partial charge in [-0.3, -0.25) is 9.79 Å². The van der Waals surface area contributed by atoms with Gasteiger partial charge >= 0.3 is 0 Å². The van der Waals surface area contributed by atoms with E-state index in [1.807, 2.05) is 43.0 Å². The Morgan fingerprint density at radius 1 is 1.08 bits per heavy atom. The van der Waals surface area contributed by atoms with Gasteiger partial charge in [0.2, 0.25) is 0 Å². The lowest BCUT2D eigenvalue weighted by Gasteiger charge is -2.18. The quantitative estimate of drug-likeness (QED) is 0.578. The molecule has 1 aromatic heterocycles. The molecule has 2 rings (SSSR count). The normalized spacial score (nSPS) is 11.3. The third kappa shape index (κ3) is 5.33. The highest BCUT2D eigenvalue weighted by molar-refractivity contribution is 7.10. The maximum Gasteiger partial charge on any atom is 0.253 e. The van der Waals surface area contributed by atoms with Gasteiger partial charge in [0, 0.05) is 37.1 Å². The Bertz CT molecular complexity index is 733. The van der Waals surface area contributed by atoms with E-state index in [1.165, 1.54) is 10.4 Å². The van der Waals surface area contributed by atoms with Gasteiger partial charge in [0.05, 0.1) is 6.54 Å². The monoisotopic (exact) mass is 372 g/mol. The van der Waals surface area contributed by atoms with Crippen LogP contribution >= 0.6 is 11.3 Å². The molecule has 0 fully saturated rings. The van der Waals surface area contributed by atoms with Crippen molar-refractivity contribution in [2.75, 3.05) is 20.1 Å². The first-order valence-corrected chi connectivity index (χ1v) is 9.82. The summed E-state index contributed by atoms with van der Waals surface area (Å²) in [5.41, 5.74) is 3.14. The van der Waals surface area contributed by atoms with Crippen LogP contribution in [0.4, 0.5) is 0 Å². The van der Waals surface area contributed by atoms with Crippen LogP contribution in [0.5, 0.6) is 0 Å². The van der Waals surface area contributed by atoms with Crippen LogP contribution in [0.15, 0.2) is 40.7 Å². The molecule has 0 aliphatic rings. The van der Waals surface area contributed by atoms with E-state index in [1.54, 1.807) is 18.4 Å². The molecule has 0 bridgehead atoms. The van der Waals surface area contributed by atoms with E-state index < -0.39 is 0 Å². The van der Waals surface area contributed by atoms with Crippen LogP contribution in [-0.4, -0.2) is 36.9 Å². The van der Waals surface area contributed by atoms with Crippen molar-refractivity contribution in [1.29, 1.82) is 0 Å². The SMILES string of the molecule is CCN(CC)C(=O)c1ccc(CNC(=NC)NCc2sccc2C)cc1. The summed E-state index contributed by atoms with van der Waals surface area (Å²) in [7, 11) is 1.77. The smallest absolute Gasteiger partial charge is 0.253 e. The van der Waals surface area contributed by atoms with Gasteiger partial charge < -0.3 is 15.5 Å². The number of nitrogens with zero attached hydrogens (tertiary/aromatic N) is 2. The van der Waals surface area contributed by atoms with Crippen LogP contribution in [0.1, 0.15) is 40.2 Å². The number of guanidine groups is 1. The summed E-state index contributed by atoms with van der Waals surface area (Å²) in [6.07, 6.45) is 0. The molecule has 0 atom stereocenters. The number of hydrogen-bond donors (Lipinski definition) is 2. The lowest BCUT2D eigenvalue weighted by molar-refractivity contribution is 0.0773. The van der Waals surface area contributed by atoms with E-state index >= 15 is 0 Å². The second-order valence-corrected chi connectivity index (χ2v) is 6.98. The number of hydrogen-bond acceptors (Lipinski definition) is 3. The average molecular weight is 373 g/mol. The Labute approximate surface area is 160 Å². The average Bonchev–Trinajstić information content (AvgIpc) is 3.08. The van der Waals surface area contributed by atoms with Gasteiger partial charge in [0.25, 0.3) is 5.91 Å². The Morgan fingerprint density at radius 3 is 2.27 bits per heavy atom. The van der Waals surface area contributed by atoms with Gasteiger partial charge in [-0.1, -0.05) is 12.1 Å². The number of rotatable bonds is 7. The molecule has 26 heavy (non-hydrogen) atoms. The number of amides is 1. The molecular formula is C20H28N4OS. The Kier molecular flexibility index (Phi) is 7.66. The fraction of sp³-hybridized carbons (Fsp3) is 0.400. The standard InChI is InChI=1S/C20H28N4OS/c1-5-24(6-2)19(25)17-9-7-16(8-10-17)13-22-20(21-4)23-14-18-15(3)11-12-26-18/h7-12H,5-6,13-14H2,1-4H3,(H2,21,22,23). The van der Waals surface area contributed by atoms with E-state index in [9.17, 15) is 4.79 Å². The molecule has 0 aliphatic heterocycles. The fourth-order valence-electron chi connectivity index (χ4n) is 2.61. The van der Waals surface area contributed by atoms with E-state index in [-0.39, 0.29) is 5.91 Å². The molecule has 0 aliphatic carbocycles. The van der Waals surface area contributed by atoms with Crippen LogP contribution in [0, 0.1) is 6.92 Å². The summed E-state index contributed by atoms with van der Waals surface area (Å²) in [5, 5.41) is 8.74. The first kappa shape index (κ1) is 20.0. The predicted molar refractivity (Wildman–Crippen MR) is 110 cm³/mol. The minimum atomic E-state index is 0.0818. The van der Waals surface area contributed by atoms with Crippen molar-refractivity contribution >= 4 is 23.2 Å². The second kappa shape index (κ2) is 9.97. The molecule has 1 heterocycles. The molecule has 1 aromatic carbocycles. The van der Waals surface area contributed by atoms with Crippen molar-refractivity contribution in [2.24, 2.45) is 4.99 Å². The summed E-state index contributed by atoms with van der Waals surface area (Å²) < 4.78 is 0. The molecule has 5 nitrogen and oxygen atoms in total. The van der Waals surface area contributed by atoms with Crippen LogP contribution in [0.3, 0.4) is 0 Å². The first-order valence-electron chi connectivity index (χ1n) is 8.94. The molecule has 2 N–H and O–H groups in total. The zero-order valence-electron chi connectivity index (χ0n) is 16.0. The highest BCUT2D eigenvalue weighted by atomic mass is 32.1. The number of nitrogens with one attached hydrogen (secondary N) is 2. The highest BCUT2D eigenvalue weighted by Gasteiger charge is 2.11. The summed E-state index contributed by atoms with van der Waals surface area (Å²) in [4.78, 5) is 19.7. The molecule has 6 heteroatoms. The van der Waals surface area contributed by atoms with Gasteiger partial charge in [-0.25, -0.2) is 0 Å². The summed E-state index contributed by atoms with van der Waals surface area (Å²) in [6, 6.07) is 9.88. The molecule has 140 valence electrons. The van der Waals surface area contributed by atoms with Crippen molar-refractivity contribution in [3.8, 4) is 0 Å². The molecule has 0 spiro atoms. The zero-order chi connectivity index (χ0) is 18.9. The number of benzene rings is 1.